The molecule has 2 N–H and O–H groups in total. The van der Waals surface area contributed by atoms with Crippen molar-refractivity contribution in [3.63, 3.8) is 0 Å². The van der Waals surface area contributed by atoms with Gasteiger partial charge in [0, 0.05) is 18.4 Å². The van der Waals surface area contributed by atoms with Crippen LogP contribution in [0.4, 0.5) is 5.69 Å². The minimum atomic E-state index is 0.281. The lowest BCUT2D eigenvalue weighted by Crippen LogP contribution is -2.64. The molecule has 5 heterocycles. The summed E-state index contributed by atoms with van der Waals surface area (Å²) in [5.41, 5.74) is 1.35. The summed E-state index contributed by atoms with van der Waals surface area (Å²) in [6, 6.07) is 4.00. The third kappa shape index (κ3) is 2.13. The molecule has 106 valence electrons. The van der Waals surface area contributed by atoms with Crippen LogP contribution in [0, 0.1) is 5.92 Å². The number of pyridine rings is 1. The molecule has 0 saturated carbocycles. The molecule has 1 aromatic heterocycles. The van der Waals surface area contributed by atoms with Crippen molar-refractivity contribution < 1.29 is 0 Å². The number of rotatable bonds is 2. The number of aromatic nitrogens is 1. The molecular formula is C15H19BrN4. The minimum Gasteiger partial charge on any atom is -0.365 e. The molecule has 5 rings (SSSR count). The van der Waals surface area contributed by atoms with E-state index in [1.807, 2.05) is 18.3 Å². The van der Waals surface area contributed by atoms with Crippen LogP contribution in [0.25, 0.3) is 0 Å². The Bertz CT molecular complexity index is 551. The molecule has 4 aliphatic rings. The Morgan fingerprint density at radius 1 is 1.40 bits per heavy atom. The molecule has 5 heteroatoms. The first-order valence-corrected chi connectivity index (χ1v) is 8.12. The van der Waals surface area contributed by atoms with Crippen molar-refractivity contribution in [1.29, 1.82) is 0 Å². The van der Waals surface area contributed by atoms with Crippen molar-refractivity contribution in [3.8, 4) is 0 Å². The summed E-state index contributed by atoms with van der Waals surface area (Å²) in [6.07, 6.45) is 7.95. The summed E-state index contributed by atoms with van der Waals surface area (Å²) in [5, 5.41) is 7.25. The normalized spacial score (nSPS) is 35.0. The van der Waals surface area contributed by atoms with E-state index in [0.717, 1.165) is 28.5 Å². The first-order valence-electron chi connectivity index (χ1n) is 7.33. The zero-order valence-corrected chi connectivity index (χ0v) is 13.0. The highest BCUT2D eigenvalue weighted by molar-refractivity contribution is 9.10. The van der Waals surface area contributed by atoms with Crippen LogP contribution in [-0.4, -0.2) is 35.1 Å². The van der Waals surface area contributed by atoms with E-state index in [0.29, 0.717) is 0 Å². The third-order valence-corrected chi connectivity index (χ3v) is 5.37. The van der Waals surface area contributed by atoms with Crippen molar-refractivity contribution in [2.75, 3.05) is 25.0 Å². The maximum atomic E-state index is 4.16. The SMILES string of the molecule is Brc1cc(NC2=CC[C@@]3(CN4CCC3CC4)N2)ccn1. The number of piperidine rings is 3. The average molecular weight is 335 g/mol. The van der Waals surface area contributed by atoms with Gasteiger partial charge in [-0.05, 0) is 72.4 Å². The van der Waals surface area contributed by atoms with Gasteiger partial charge < -0.3 is 15.5 Å². The molecular weight excluding hydrogens is 316 g/mol. The van der Waals surface area contributed by atoms with E-state index in [1.165, 1.54) is 32.5 Å². The molecule has 0 aliphatic carbocycles. The number of halogens is 1. The van der Waals surface area contributed by atoms with E-state index in [4.69, 9.17) is 0 Å². The smallest absolute Gasteiger partial charge is 0.108 e. The van der Waals surface area contributed by atoms with Crippen LogP contribution in [0.1, 0.15) is 19.3 Å². The Kier molecular flexibility index (Phi) is 3.00. The van der Waals surface area contributed by atoms with Crippen molar-refractivity contribution in [2.24, 2.45) is 5.92 Å². The van der Waals surface area contributed by atoms with Crippen LogP contribution in [-0.2, 0) is 0 Å². The molecule has 3 saturated heterocycles. The van der Waals surface area contributed by atoms with Gasteiger partial charge in [-0.15, -0.1) is 0 Å². The summed E-state index contributed by atoms with van der Waals surface area (Å²) in [7, 11) is 0. The average Bonchev–Trinajstić information content (AvgIpc) is 2.83. The van der Waals surface area contributed by atoms with E-state index >= 15 is 0 Å². The number of fused-ring (bicyclic) bond motifs is 2. The second kappa shape index (κ2) is 4.74. The van der Waals surface area contributed by atoms with Gasteiger partial charge in [0.1, 0.15) is 4.60 Å². The van der Waals surface area contributed by atoms with Crippen LogP contribution in [0.2, 0.25) is 0 Å². The monoisotopic (exact) mass is 334 g/mol. The molecule has 0 aromatic carbocycles. The first kappa shape index (κ1) is 12.7. The molecule has 0 unspecified atom stereocenters. The highest BCUT2D eigenvalue weighted by Crippen LogP contribution is 2.41. The lowest BCUT2D eigenvalue weighted by molar-refractivity contribution is 0.0189. The largest absolute Gasteiger partial charge is 0.365 e. The fourth-order valence-corrected chi connectivity index (χ4v) is 4.28. The Hall–Kier alpha value is -1.07. The van der Waals surface area contributed by atoms with Gasteiger partial charge in [0.25, 0.3) is 0 Å². The molecule has 3 fully saturated rings. The van der Waals surface area contributed by atoms with E-state index < -0.39 is 0 Å². The summed E-state index contributed by atoms with van der Waals surface area (Å²) in [5.74, 6) is 1.98. The quantitative estimate of drug-likeness (QED) is 0.815. The predicted molar refractivity (Wildman–Crippen MR) is 83.3 cm³/mol. The Balaban J connectivity index is 1.48. The van der Waals surface area contributed by atoms with Crippen LogP contribution in [0.3, 0.4) is 0 Å². The minimum absolute atomic E-state index is 0.281. The third-order valence-electron chi connectivity index (χ3n) is 4.93. The molecule has 2 bridgehead atoms. The summed E-state index contributed by atoms with van der Waals surface area (Å²) >= 11 is 3.41. The van der Waals surface area contributed by atoms with Crippen LogP contribution < -0.4 is 10.6 Å². The Morgan fingerprint density at radius 2 is 2.25 bits per heavy atom. The summed E-state index contributed by atoms with van der Waals surface area (Å²) in [6.45, 7) is 3.77. The zero-order valence-electron chi connectivity index (χ0n) is 11.4. The van der Waals surface area contributed by atoms with Gasteiger partial charge in [0.05, 0.1) is 11.4 Å². The van der Waals surface area contributed by atoms with Gasteiger partial charge in [-0.25, -0.2) is 4.98 Å². The highest BCUT2D eigenvalue weighted by Gasteiger charge is 2.48. The van der Waals surface area contributed by atoms with E-state index in [9.17, 15) is 0 Å². The van der Waals surface area contributed by atoms with Crippen LogP contribution in [0.15, 0.2) is 34.8 Å². The maximum absolute atomic E-state index is 4.16. The van der Waals surface area contributed by atoms with Gasteiger partial charge in [0.2, 0.25) is 0 Å². The summed E-state index contributed by atoms with van der Waals surface area (Å²) < 4.78 is 0.860. The molecule has 1 atom stereocenters. The maximum Gasteiger partial charge on any atom is 0.108 e. The van der Waals surface area contributed by atoms with Crippen molar-refractivity contribution in [2.45, 2.75) is 24.8 Å². The van der Waals surface area contributed by atoms with Crippen LogP contribution in [0.5, 0.6) is 0 Å². The van der Waals surface area contributed by atoms with Gasteiger partial charge in [0.15, 0.2) is 0 Å². The molecule has 1 aromatic rings. The van der Waals surface area contributed by atoms with E-state index in [1.54, 1.807) is 0 Å². The number of hydrogen-bond donors (Lipinski definition) is 2. The number of nitrogens with zero attached hydrogens (tertiary/aromatic N) is 2. The van der Waals surface area contributed by atoms with E-state index in [-0.39, 0.29) is 5.54 Å². The van der Waals surface area contributed by atoms with Gasteiger partial charge >= 0.3 is 0 Å². The fraction of sp³-hybridized carbons (Fsp3) is 0.533. The predicted octanol–water partition coefficient (Wildman–Crippen LogP) is 2.56. The molecule has 4 nitrogen and oxygen atoms in total. The molecule has 0 radical (unpaired) electrons. The van der Waals surface area contributed by atoms with Crippen LogP contribution >= 0.6 is 15.9 Å². The lowest BCUT2D eigenvalue weighted by Gasteiger charge is -2.52. The zero-order chi connectivity index (χ0) is 13.6. The second-order valence-electron chi connectivity index (χ2n) is 6.15. The number of anilines is 1. The van der Waals surface area contributed by atoms with Gasteiger partial charge in [-0.1, -0.05) is 0 Å². The van der Waals surface area contributed by atoms with E-state index in [2.05, 4.69) is 42.5 Å². The van der Waals surface area contributed by atoms with Crippen molar-refractivity contribution in [1.82, 2.24) is 15.2 Å². The Labute approximate surface area is 127 Å². The topological polar surface area (TPSA) is 40.2 Å². The number of nitrogens with one attached hydrogen (secondary N) is 2. The first-order chi connectivity index (χ1) is 9.73. The Morgan fingerprint density at radius 3 is 2.95 bits per heavy atom. The highest BCUT2D eigenvalue weighted by atomic mass is 79.9. The van der Waals surface area contributed by atoms with Gasteiger partial charge in [-0.2, -0.15) is 0 Å². The second-order valence-corrected chi connectivity index (χ2v) is 6.96. The number of hydrogen-bond acceptors (Lipinski definition) is 4. The molecule has 4 aliphatic heterocycles. The molecule has 0 amide bonds. The standard InChI is InChI=1S/C15H19BrN4/c16-13-9-12(2-6-17-13)18-14-1-5-15(19-14)10-20-7-3-11(15)4-8-20/h1-2,6,9,11,19H,3-5,7-8,10H2,(H,17,18)/t15-/m0/s1. The summed E-state index contributed by atoms with van der Waals surface area (Å²) in [4.78, 5) is 6.76. The van der Waals surface area contributed by atoms with Crippen molar-refractivity contribution >= 4 is 21.6 Å². The lowest BCUT2D eigenvalue weighted by atomic mass is 9.72. The molecule has 20 heavy (non-hydrogen) atoms. The van der Waals surface area contributed by atoms with Crippen molar-refractivity contribution in [3.05, 3.63) is 34.8 Å². The molecule has 1 spiro atoms. The van der Waals surface area contributed by atoms with Gasteiger partial charge in [-0.3, -0.25) is 0 Å². The fourth-order valence-electron chi connectivity index (χ4n) is 3.92.